The molecule has 0 unspecified atom stereocenters. The molecule has 4 rings (SSSR count). The van der Waals surface area contributed by atoms with Crippen molar-refractivity contribution in [1.82, 2.24) is 19.4 Å². The highest BCUT2D eigenvalue weighted by atomic mass is 35.5. The number of carbonyl (C=O) groups excluding carboxylic acids is 1. The number of benzene rings is 2. The van der Waals surface area contributed by atoms with Crippen molar-refractivity contribution >= 4 is 45.7 Å². The Balaban J connectivity index is 1.86. The number of aromatic nitrogens is 3. The van der Waals surface area contributed by atoms with E-state index in [1.54, 1.807) is 42.3 Å². The van der Waals surface area contributed by atoms with E-state index in [4.69, 9.17) is 28.2 Å². The average molecular weight is 482 g/mol. The van der Waals surface area contributed by atoms with Crippen LogP contribution >= 0.6 is 23.2 Å². The van der Waals surface area contributed by atoms with Crippen molar-refractivity contribution in [3.8, 4) is 17.2 Å². The van der Waals surface area contributed by atoms with Gasteiger partial charge in [0.2, 0.25) is 5.91 Å². The van der Waals surface area contributed by atoms with Crippen LogP contribution in [0.2, 0.25) is 10.0 Å². The monoisotopic (exact) mass is 481 g/mol. The van der Waals surface area contributed by atoms with Crippen LogP contribution in [0.25, 0.3) is 28.1 Å². The zero-order valence-corrected chi connectivity index (χ0v) is 19.8. The van der Waals surface area contributed by atoms with E-state index in [1.165, 1.54) is 10.8 Å². The van der Waals surface area contributed by atoms with Crippen LogP contribution in [0.1, 0.15) is 0 Å². The van der Waals surface area contributed by atoms with E-state index < -0.39 is 0 Å². The van der Waals surface area contributed by atoms with Crippen LogP contribution in [0.4, 0.5) is 5.69 Å². The average Bonchev–Trinajstić information content (AvgIpc) is 2.78. The molecule has 0 fully saturated rings. The first-order valence-corrected chi connectivity index (χ1v) is 10.9. The highest BCUT2D eigenvalue weighted by Gasteiger charge is 2.17. The summed E-state index contributed by atoms with van der Waals surface area (Å²) < 4.78 is 1.42. The molecule has 2 aromatic heterocycles. The van der Waals surface area contributed by atoms with Gasteiger partial charge >= 0.3 is 0 Å². The number of pyridine rings is 1. The fraction of sp³-hybridized carbons (Fsp3) is 0.167. The van der Waals surface area contributed by atoms with Crippen molar-refractivity contribution in [1.29, 1.82) is 0 Å². The number of likely N-dealkylation sites (N-methyl/N-ethyl adjacent to an activating group) is 2. The Bertz CT molecular complexity index is 1400. The van der Waals surface area contributed by atoms with Gasteiger partial charge in [0.1, 0.15) is 11.6 Å². The summed E-state index contributed by atoms with van der Waals surface area (Å²) in [6, 6.07) is 15.5. The molecule has 0 aliphatic rings. The third kappa shape index (κ3) is 4.75. The molecule has 0 spiro atoms. The number of fused-ring (bicyclic) bond motifs is 1. The van der Waals surface area contributed by atoms with Gasteiger partial charge in [0.05, 0.1) is 17.4 Å². The topological polar surface area (TPSA) is 71.3 Å². The van der Waals surface area contributed by atoms with E-state index in [0.717, 1.165) is 5.69 Å². The first-order chi connectivity index (χ1) is 15.7. The molecule has 2 aromatic carbocycles. The van der Waals surface area contributed by atoms with Gasteiger partial charge < -0.3 is 9.80 Å². The van der Waals surface area contributed by atoms with Gasteiger partial charge in [-0.05, 0) is 62.6 Å². The van der Waals surface area contributed by atoms with Crippen LogP contribution in [-0.4, -0.2) is 53.0 Å². The number of hydrogen-bond acceptors (Lipinski definition) is 5. The zero-order valence-electron chi connectivity index (χ0n) is 18.3. The molecule has 1 amide bonds. The van der Waals surface area contributed by atoms with Gasteiger partial charge in [-0.2, -0.15) is 0 Å². The van der Waals surface area contributed by atoms with Crippen LogP contribution in [0, 0.1) is 0 Å². The minimum atomic E-state index is -0.311. The number of halogens is 2. The third-order valence-electron chi connectivity index (χ3n) is 5.11. The first kappa shape index (κ1) is 22.9. The smallest absolute Gasteiger partial charge is 0.267 e. The number of amides is 1. The number of nitrogens with zero attached hydrogens (tertiary/aromatic N) is 5. The molecule has 168 valence electrons. The Morgan fingerprint density at radius 3 is 2.33 bits per heavy atom. The number of carbonyl (C=O) groups is 1. The summed E-state index contributed by atoms with van der Waals surface area (Å²) in [5.74, 6) is 0.714. The molecule has 0 N–H and O–H groups in total. The summed E-state index contributed by atoms with van der Waals surface area (Å²) in [6.07, 6.45) is 1.53. The van der Waals surface area contributed by atoms with Gasteiger partial charge in [-0.3, -0.25) is 9.59 Å². The van der Waals surface area contributed by atoms with Crippen molar-refractivity contribution in [3.63, 3.8) is 0 Å². The highest BCUT2D eigenvalue weighted by molar-refractivity contribution is 6.31. The van der Waals surface area contributed by atoms with E-state index in [1.807, 2.05) is 43.3 Å². The highest BCUT2D eigenvalue weighted by Crippen LogP contribution is 2.26. The summed E-state index contributed by atoms with van der Waals surface area (Å²) in [5, 5.41) is 1.26. The van der Waals surface area contributed by atoms with E-state index >= 15 is 0 Å². The number of rotatable bonds is 5. The molecule has 7 nitrogen and oxygen atoms in total. The largest absolute Gasteiger partial charge is 0.314 e. The third-order valence-corrected chi connectivity index (χ3v) is 5.58. The lowest BCUT2D eigenvalue weighted by Gasteiger charge is -2.20. The van der Waals surface area contributed by atoms with Crippen molar-refractivity contribution < 1.29 is 4.79 Å². The molecular weight excluding hydrogens is 461 g/mol. The molecule has 4 aromatic rings. The Labute approximate surface area is 200 Å². The maximum absolute atomic E-state index is 13.5. The molecule has 0 atom stereocenters. The lowest BCUT2D eigenvalue weighted by atomic mass is 10.1. The van der Waals surface area contributed by atoms with Crippen molar-refractivity contribution in [3.05, 3.63) is 81.2 Å². The van der Waals surface area contributed by atoms with Crippen LogP contribution in [0.5, 0.6) is 0 Å². The molecule has 9 heteroatoms. The number of anilines is 1. The Morgan fingerprint density at radius 1 is 0.970 bits per heavy atom. The SMILES string of the molecule is CN(C)CC(=O)N(C)c1ccc(-c2nc3ccc(Cl)cc3c(=O)n2-c2cc(Cl)ccn2)cc1. The predicted octanol–water partition coefficient (Wildman–Crippen LogP) is 4.28. The van der Waals surface area contributed by atoms with E-state index in [0.29, 0.717) is 44.7 Å². The second-order valence-corrected chi connectivity index (χ2v) is 8.68. The quantitative estimate of drug-likeness (QED) is 0.425. The van der Waals surface area contributed by atoms with Crippen LogP contribution in [-0.2, 0) is 4.79 Å². The Morgan fingerprint density at radius 2 is 1.67 bits per heavy atom. The molecular formula is C24H21Cl2N5O2. The van der Waals surface area contributed by atoms with Crippen LogP contribution in [0.3, 0.4) is 0 Å². The lowest BCUT2D eigenvalue weighted by Crippen LogP contribution is -2.34. The molecule has 0 aliphatic carbocycles. The molecule has 0 saturated heterocycles. The van der Waals surface area contributed by atoms with Gasteiger partial charge in [0.15, 0.2) is 0 Å². The van der Waals surface area contributed by atoms with Gasteiger partial charge in [-0.25, -0.2) is 14.5 Å². The maximum Gasteiger partial charge on any atom is 0.267 e. The molecule has 0 saturated carbocycles. The summed E-state index contributed by atoms with van der Waals surface area (Å²) in [7, 11) is 5.41. The van der Waals surface area contributed by atoms with Crippen molar-refractivity contribution in [2.75, 3.05) is 32.6 Å². The minimum absolute atomic E-state index is 0.0338. The van der Waals surface area contributed by atoms with E-state index in [2.05, 4.69) is 4.98 Å². The van der Waals surface area contributed by atoms with E-state index in [9.17, 15) is 9.59 Å². The molecule has 0 aliphatic heterocycles. The maximum atomic E-state index is 13.5. The van der Waals surface area contributed by atoms with Crippen LogP contribution in [0.15, 0.2) is 65.6 Å². The van der Waals surface area contributed by atoms with Gasteiger partial charge in [-0.15, -0.1) is 0 Å². The number of hydrogen-bond donors (Lipinski definition) is 0. The molecule has 0 bridgehead atoms. The van der Waals surface area contributed by atoms with Crippen molar-refractivity contribution in [2.45, 2.75) is 0 Å². The van der Waals surface area contributed by atoms with Crippen LogP contribution < -0.4 is 10.5 Å². The summed E-state index contributed by atoms with van der Waals surface area (Å²) in [6.45, 7) is 0.299. The van der Waals surface area contributed by atoms with E-state index in [-0.39, 0.29) is 11.5 Å². The van der Waals surface area contributed by atoms with Gasteiger partial charge in [0.25, 0.3) is 5.56 Å². The molecule has 33 heavy (non-hydrogen) atoms. The normalized spacial score (nSPS) is 11.2. The Hall–Kier alpha value is -3.26. The second kappa shape index (κ2) is 9.31. The fourth-order valence-electron chi connectivity index (χ4n) is 3.43. The van der Waals surface area contributed by atoms with Gasteiger partial charge in [0, 0.05) is 40.6 Å². The molecule has 0 radical (unpaired) electrons. The van der Waals surface area contributed by atoms with Gasteiger partial charge in [-0.1, -0.05) is 23.2 Å². The fourth-order valence-corrected chi connectivity index (χ4v) is 3.76. The lowest BCUT2D eigenvalue weighted by molar-refractivity contribution is -0.118. The molecule has 2 heterocycles. The minimum Gasteiger partial charge on any atom is -0.314 e. The zero-order chi connectivity index (χ0) is 23.7. The summed E-state index contributed by atoms with van der Waals surface area (Å²) >= 11 is 12.3. The second-order valence-electron chi connectivity index (χ2n) is 7.81. The Kier molecular flexibility index (Phi) is 6.47. The summed E-state index contributed by atoms with van der Waals surface area (Å²) in [5.41, 5.74) is 1.62. The summed E-state index contributed by atoms with van der Waals surface area (Å²) in [4.78, 5) is 38.3. The predicted molar refractivity (Wildman–Crippen MR) is 133 cm³/mol. The van der Waals surface area contributed by atoms with Crippen molar-refractivity contribution in [2.24, 2.45) is 0 Å². The first-order valence-electron chi connectivity index (χ1n) is 10.1. The standard InChI is InChI=1S/C24H21Cl2N5O2/c1-29(2)14-22(32)30(3)18-7-4-15(5-8-18)23-28-20-9-6-16(25)12-19(20)24(33)31(23)21-13-17(26)10-11-27-21/h4-13H,14H2,1-3H3.